The first-order chi connectivity index (χ1) is 9.24. The maximum absolute atomic E-state index is 12.1. The summed E-state index contributed by atoms with van der Waals surface area (Å²) in [5.74, 6) is 0.333. The molecule has 1 heterocycles. The molecule has 0 spiro atoms. The molecule has 2 aliphatic carbocycles. The Kier molecular flexibility index (Phi) is 3.55. The van der Waals surface area contributed by atoms with Crippen LogP contribution in [0.25, 0.3) is 0 Å². The zero-order chi connectivity index (χ0) is 13.2. The van der Waals surface area contributed by atoms with Gasteiger partial charge in [-0.15, -0.1) is 0 Å². The highest BCUT2D eigenvalue weighted by atomic mass is 16.3. The van der Waals surface area contributed by atoms with Gasteiger partial charge >= 0.3 is 0 Å². The Morgan fingerprint density at radius 3 is 3.11 bits per heavy atom. The second-order valence-electron chi connectivity index (χ2n) is 5.78. The van der Waals surface area contributed by atoms with Gasteiger partial charge in [0.05, 0.1) is 6.10 Å². The molecule has 1 saturated carbocycles. The summed E-state index contributed by atoms with van der Waals surface area (Å²) in [6.07, 6.45) is 6.73. The third-order valence-electron chi connectivity index (χ3n) is 4.33. The summed E-state index contributed by atoms with van der Waals surface area (Å²) in [7, 11) is 0. The van der Waals surface area contributed by atoms with Gasteiger partial charge in [0.1, 0.15) is 0 Å². The summed E-state index contributed by atoms with van der Waals surface area (Å²) in [5.41, 5.74) is 2.79. The number of rotatable bonds is 3. The van der Waals surface area contributed by atoms with Crippen molar-refractivity contribution >= 4 is 5.91 Å². The summed E-state index contributed by atoms with van der Waals surface area (Å²) >= 11 is 0. The molecule has 0 aliphatic heterocycles. The van der Waals surface area contributed by atoms with Crippen LogP contribution in [-0.4, -0.2) is 33.9 Å². The Morgan fingerprint density at radius 2 is 2.26 bits per heavy atom. The molecule has 5 heteroatoms. The molecule has 3 N–H and O–H groups in total. The second-order valence-corrected chi connectivity index (χ2v) is 5.78. The molecule has 2 atom stereocenters. The average Bonchev–Trinajstić information content (AvgIpc) is 2.98. The zero-order valence-corrected chi connectivity index (χ0v) is 11.1. The molecule has 0 radical (unpaired) electrons. The number of aryl methyl sites for hydroxylation is 1. The number of aromatic nitrogens is 2. The molecule has 5 nitrogen and oxygen atoms in total. The van der Waals surface area contributed by atoms with Crippen LogP contribution in [0, 0.1) is 5.92 Å². The molecule has 0 aromatic carbocycles. The number of amides is 1. The number of hydrogen-bond acceptors (Lipinski definition) is 3. The fraction of sp³-hybridized carbons (Fsp3) is 0.714. The fourth-order valence-corrected chi connectivity index (χ4v) is 3.28. The number of H-pyrrole nitrogens is 1. The van der Waals surface area contributed by atoms with Crippen molar-refractivity contribution in [3.05, 3.63) is 17.0 Å². The van der Waals surface area contributed by atoms with Crippen molar-refractivity contribution in [3.63, 3.8) is 0 Å². The zero-order valence-electron chi connectivity index (χ0n) is 11.1. The van der Waals surface area contributed by atoms with Gasteiger partial charge in [-0.3, -0.25) is 9.89 Å². The minimum atomic E-state index is -0.190. The van der Waals surface area contributed by atoms with Crippen LogP contribution in [0.2, 0.25) is 0 Å². The number of hydrogen-bond donors (Lipinski definition) is 3. The van der Waals surface area contributed by atoms with Crippen LogP contribution < -0.4 is 5.32 Å². The van der Waals surface area contributed by atoms with Gasteiger partial charge in [-0.2, -0.15) is 5.10 Å². The first kappa shape index (κ1) is 12.7. The van der Waals surface area contributed by atoms with E-state index < -0.39 is 0 Å². The van der Waals surface area contributed by atoms with Gasteiger partial charge in [-0.25, -0.2) is 0 Å². The number of carbonyl (C=O) groups excluding carboxylic acids is 1. The van der Waals surface area contributed by atoms with Crippen LogP contribution in [0.1, 0.15) is 53.8 Å². The van der Waals surface area contributed by atoms with E-state index >= 15 is 0 Å². The minimum Gasteiger partial charge on any atom is -0.393 e. The quantitative estimate of drug-likeness (QED) is 0.766. The van der Waals surface area contributed by atoms with Gasteiger partial charge in [0.2, 0.25) is 0 Å². The van der Waals surface area contributed by atoms with E-state index in [-0.39, 0.29) is 12.0 Å². The van der Waals surface area contributed by atoms with Gasteiger partial charge < -0.3 is 10.4 Å². The lowest BCUT2D eigenvalue weighted by Crippen LogP contribution is -2.33. The lowest BCUT2D eigenvalue weighted by atomic mass is 9.87. The Hall–Kier alpha value is -1.36. The number of carbonyl (C=O) groups is 1. The minimum absolute atomic E-state index is 0.0699. The molecule has 1 fully saturated rings. The van der Waals surface area contributed by atoms with Crippen LogP contribution >= 0.6 is 0 Å². The Bertz CT molecular complexity index is 469. The summed E-state index contributed by atoms with van der Waals surface area (Å²) in [6, 6.07) is 0. The number of aliphatic hydroxyl groups is 1. The lowest BCUT2D eigenvalue weighted by molar-refractivity contribution is 0.0869. The van der Waals surface area contributed by atoms with Gasteiger partial charge in [0.25, 0.3) is 5.91 Å². The first-order valence-corrected chi connectivity index (χ1v) is 7.26. The van der Waals surface area contributed by atoms with Crippen LogP contribution in [0.4, 0.5) is 0 Å². The molecule has 0 saturated heterocycles. The van der Waals surface area contributed by atoms with Crippen molar-refractivity contribution in [1.82, 2.24) is 15.5 Å². The van der Waals surface area contributed by atoms with Crippen molar-refractivity contribution in [2.24, 2.45) is 5.92 Å². The largest absolute Gasteiger partial charge is 0.393 e. The van der Waals surface area contributed by atoms with E-state index in [1.807, 2.05) is 0 Å². The number of aliphatic hydroxyl groups excluding tert-OH is 1. The molecule has 1 aromatic rings. The van der Waals surface area contributed by atoms with E-state index in [1.165, 1.54) is 0 Å². The Morgan fingerprint density at radius 1 is 1.37 bits per heavy atom. The molecule has 1 amide bonds. The summed E-state index contributed by atoms with van der Waals surface area (Å²) in [5, 5.41) is 19.7. The van der Waals surface area contributed by atoms with E-state index in [0.717, 1.165) is 56.2 Å². The van der Waals surface area contributed by atoms with E-state index in [0.29, 0.717) is 18.2 Å². The molecule has 19 heavy (non-hydrogen) atoms. The maximum Gasteiger partial charge on any atom is 0.272 e. The number of fused-ring (bicyclic) bond motifs is 1. The average molecular weight is 263 g/mol. The van der Waals surface area contributed by atoms with E-state index in [1.54, 1.807) is 0 Å². The fourth-order valence-electron chi connectivity index (χ4n) is 3.28. The van der Waals surface area contributed by atoms with Gasteiger partial charge in [0.15, 0.2) is 5.69 Å². The first-order valence-electron chi connectivity index (χ1n) is 7.26. The van der Waals surface area contributed by atoms with Crippen LogP contribution in [0.15, 0.2) is 0 Å². The summed E-state index contributed by atoms with van der Waals surface area (Å²) in [4.78, 5) is 12.1. The van der Waals surface area contributed by atoms with Crippen LogP contribution in [-0.2, 0) is 12.8 Å². The molecule has 3 rings (SSSR count). The topological polar surface area (TPSA) is 78.0 Å². The number of aromatic amines is 1. The molecule has 0 bridgehead atoms. The van der Waals surface area contributed by atoms with E-state index in [2.05, 4.69) is 15.5 Å². The molecule has 2 unspecified atom stereocenters. The van der Waals surface area contributed by atoms with E-state index in [9.17, 15) is 9.90 Å². The standard InChI is InChI=1S/C14H21N3O2/c18-10-4-1-3-9(7-10)8-15-14(19)13-11-5-2-6-12(11)16-17-13/h9-10,18H,1-8H2,(H,15,19)(H,16,17). The predicted molar refractivity (Wildman–Crippen MR) is 70.9 cm³/mol. The smallest absolute Gasteiger partial charge is 0.272 e. The normalized spacial score (nSPS) is 26.2. The Labute approximate surface area is 112 Å². The SMILES string of the molecule is O=C(NCC1CCCC(O)C1)c1n[nH]c2c1CCC2. The van der Waals surface area contributed by atoms with Crippen molar-refractivity contribution < 1.29 is 9.90 Å². The summed E-state index contributed by atoms with van der Waals surface area (Å²) in [6.45, 7) is 0.650. The van der Waals surface area contributed by atoms with Gasteiger partial charge in [0, 0.05) is 17.8 Å². The third kappa shape index (κ3) is 2.66. The highest BCUT2D eigenvalue weighted by molar-refractivity contribution is 5.94. The van der Waals surface area contributed by atoms with Crippen molar-refractivity contribution in [2.45, 2.75) is 51.0 Å². The lowest BCUT2D eigenvalue weighted by Gasteiger charge is -2.25. The highest BCUT2D eigenvalue weighted by Crippen LogP contribution is 2.24. The number of nitrogens with one attached hydrogen (secondary N) is 2. The van der Waals surface area contributed by atoms with Crippen molar-refractivity contribution in [1.29, 1.82) is 0 Å². The molecular formula is C14H21N3O2. The van der Waals surface area contributed by atoms with Crippen LogP contribution in [0.3, 0.4) is 0 Å². The number of nitrogens with zero attached hydrogens (tertiary/aromatic N) is 1. The third-order valence-corrected chi connectivity index (χ3v) is 4.33. The van der Waals surface area contributed by atoms with Crippen molar-refractivity contribution in [2.75, 3.05) is 6.54 Å². The predicted octanol–water partition coefficient (Wildman–Crippen LogP) is 1.18. The van der Waals surface area contributed by atoms with Gasteiger partial charge in [-0.05, 0) is 44.4 Å². The maximum atomic E-state index is 12.1. The van der Waals surface area contributed by atoms with Crippen LogP contribution in [0.5, 0.6) is 0 Å². The van der Waals surface area contributed by atoms with Crippen molar-refractivity contribution in [3.8, 4) is 0 Å². The second kappa shape index (κ2) is 5.33. The molecule has 2 aliphatic rings. The molecular weight excluding hydrogens is 242 g/mol. The van der Waals surface area contributed by atoms with Gasteiger partial charge in [-0.1, -0.05) is 6.42 Å². The Balaban J connectivity index is 1.56. The highest BCUT2D eigenvalue weighted by Gasteiger charge is 2.24. The van der Waals surface area contributed by atoms with E-state index in [4.69, 9.17) is 0 Å². The molecule has 104 valence electrons. The monoisotopic (exact) mass is 263 g/mol. The molecule has 1 aromatic heterocycles. The summed E-state index contributed by atoms with van der Waals surface area (Å²) < 4.78 is 0.